The number of hydrogen-bond donors (Lipinski definition) is 3. The van der Waals surface area contributed by atoms with Gasteiger partial charge < -0.3 is 16.0 Å². The van der Waals surface area contributed by atoms with Crippen LogP contribution in [-0.2, 0) is 11.2 Å². The summed E-state index contributed by atoms with van der Waals surface area (Å²) in [6.07, 6.45) is 2.81. The van der Waals surface area contributed by atoms with Gasteiger partial charge in [0.25, 0.3) is 0 Å². The fraction of sp³-hybridized carbons (Fsp3) is 0.533. The molecule has 1 aromatic rings. The van der Waals surface area contributed by atoms with Crippen molar-refractivity contribution < 1.29 is 4.79 Å². The summed E-state index contributed by atoms with van der Waals surface area (Å²) in [5.41, 5.74) is 3.43. The third-order valence-corrected chi connectivity index (χ3v) is 4.89. The van der Waals surface area contributed by atoms with Crippen LogP contribution in [-0.4, -0.2) is 36.5 Å². The van der Waals surface area contributed by atoms with Gasteiger partial charge >= 0.3 is 0 Å². The maximum absolute atomic E-state index is 12.1. The molecule has 1 unspecified atom stereocenters. The van der Waals surface area contributed by atoms with Crippen LogP contribution in [0, 0.1) is 0 Å². The van der Waals surface area contributed by atoms with E-state index in [0.717, 1.165) is 43.1 Å². The molecule has 1 aromatic carbocycles. The number of benzene rings is 1. The van der Waals surface area contributed by atoms with Crippen LogP contribution in [0.15, 0.2) is 18.2 Å². The second-order valence-corrected chi connectivity index (χ2v) is 6.53. The maximum Gasteiger partial charge on any atom is 0.225 e. The highest BCUT2D eigenvalue weighted by Crippen LogP contribution is 2.25. The molecule has 108 valence electrons. The van der Waals surface area contributed by atoms with Crippen LogP contribution >= 0.6 is 11.8 Å². The number of carbonyl (C=O) groups is 1. The first kappa shape index (κ1) is 13.8. The van der Waals surface area contributed by atoms with E-state index in [0.29, 0.717) is 12.5 Å². The van der Waals surface area contributed by atoms with Crippen molar-refractivity contribution in [3.63, 3.8) is 0 Å². The molecule has 2 aliphatic rings. The Bertz CT molecular complexity index is 486. The van der Waals surface area contributed by atoms with Crippen molar-refractivity contribution in [2.24, 2.45) is 0 Å². The van der Waals surface area contributed by atoms with E-state index in [-0.39, 0.29) is 5.91 Å². The zero-order valence-electron chi connectivity index (χ0n) is 11.6. The van der Waals surface area contributed by atoms with Crippen LogP contribution in [0.5, 0.6) is 0 Å². The number of hydrogen-bond acceptors (Lipinski definition) is 4. The Balaban J connectivity index is 1.58. The SMILES string of the molecule is O=C(CC1CSCCN1)Nc1ccc2c(c1)CCCN2. The Labute approximate surface area is 124 Å². The second kappa shape index (κ2) is 6.50. The molecule has 0 spiro atoms. The van der Waals surface area contributed by atoms with Crippen LogP contribution in [0.4, 0.5) is 11.4 Å². The van der Waals surface area contributed by atoms with E-state index in [2.05, 4.69) is 28.1 Å². The number of rotatable bonds is 3. The monoisotopic (exact) mass is 291 g/mol. The van der Waals surface area contributed by atoms with Gasteiger partial charge in [0.05, 0.1) is 0 Å². The van der Waals surface area contributed by atoms with Crippen molar-refractivity contribution in [3.05, 3.63) is 23.8 Å². The smallest absolute Gasteiger partial charge is 0.225 e. The number of fused-ring (bicyclic) bond motifs is 1. The molecule has 4 nitrogen and oxygen atoms in total. The van der Waals surface area contributed by atoms with Gasteiger partial charge in [-0.25, -0.2) is 0 Å². The van der Waals surface area contributed by atoms with E-state index in [1.807, 2.05) is 17.8 Å². The minimum atomic E-state index is 0.105. The molecule has 1 atom stereocenters. The lowest BCUT2D eigenvalue weighted by Crippen LogP contribution is -2.39. The van der Waals surface area contributed by atoms with Gasteiger partial charge in [-0.05, 0) is 36.6 Å². The molecular formula is C15H21N3OS. The van der Waals surface area contributed by atoms with E-state index in [4.69, 9.17) is 0 Å². The number of anilines is 2. The Kier molecular flexibility index (Phi) is 4.47. The molecule has 0 saturated carbocycles. The minimum Gasteiger partial charge on any atom is -0.385 e. The van der Waals surface area contributed by atoms with Crippen LogP contribution in [0.3, 0.4) is 0 Å². The molecule has 3 N–H and O–H groups in total. The zero-order chi connectivity index (χ0) is 13.8. The topological polar surface area (TPSA) is 53.2 Å². The molecule has 1 fully saturated rings. The van der Waals surface area contributed by atoms with Gasteiger partial charge in [-0.3, -0.25) is 4.79 Å². The van der Waals surface area contributed by atoms with Gasteiger partial charge in [0.2, 0.25) is 5.91 Å². The summed E-state index contributed by atoms with van der Waals surface area (Å²) in [6.45, 7) is 2.05. The summed E-state index contributed by atoms with van der Waals surface area (Å²) >= 11 is 1.92. The third-order valence-electron chi connectivity index (χ3n) is 3.76. The zero-order valence-corrected chi connectivity index (χ0v) is 12.4. The molecule has 2 heterocycles. The summed E-state index contributed by atoms with van der Waals surface area (Å²) in [5.74, 6) is 2.28. The van der Waals surface area contributed by atoms with Gasteiger partial charge in [-0.1, -0.05) is 0 Å². The Hall–Kier alpha value is -1.20. The summed E-state index contributed by atoms with van der Waals surface area (Å²) in [5, 5.41) is 9.80. The summed E-state index contributed by atoms with van der Waals surface area (Å²) in [4.78, 5) is 12.1. The second-order valence-electron chi connectivity index (χ2n) is 5.38. The highest BCUT2D eigenvalue weighted by Gasteiger charge is 2.17. The Morgan fingerprint density at radius 3 is 3.20 bits per heavy atom. The number of amides is 1. The third kappa shape index (κ3) is 3.46. The standard InChI is InChI=1S/C15H21N3OS/c19-15(9-13-10-20-7-6-16-13)18-12-3-4-14-11(8-12)2-1-5-17-14/h3-4,8,13,16-17H,1-2,5-7,9-10H2,(H,18,19). The number of carbonyl (C=O) groups excluding carboxylic acids is 1. The molecule has 1 amide bonds. The number of nitrogens with one attached hydrogen (secondary N) is 3. The molecule has 0 aliphatic carbocycles. The molecule has 3 rings (SSSR count). The molecule has 0 aromatic heterocycles. The molecular weight excluding hydrogens is 270 g/mol. The molecule has 20 heavy (non-hydrogen) atoms. The fourth-order valence-electron chi connectivity index (χ4n) is 2.74. The average molecular weight is 291 g/mol. The van der Waals surface area contributed by atoms with Gasteiger partial charge in [0.1, 0.15) is 0 Å². The predicted molar refractivity (Wildman–Crippen MR) is 85.6 cm³/mol. The molecule has 0 bridgehead atoms. The van der Waals surface area contributed by atoms with E-state index in [9.17, 15) is 4.79 Å². The molecule has 0 radical (unpaired) electrons. The lowest BCUT2D eigenvalue weighted by molar-refractivity contribution is -0.116. The molecule has 2 aliphatic heterocycles. The van der Waals surface area contributed by atoms with Gasteiger partial charge in [0.15, 0.2) is 0 Å². The Morgan fingerprint density at radius 1 is 1.40 bits per heavy atom. The highest BCUT2D eigenvalue weighted by atomic mass is 32.2. The van der Waals surface area contributed by atoms with Crippen LogP contribution in [0.25, 0.3) is 0 Å². The Morgan fingerprint density at radius 2 is 2.35 bits per heavy atom. The quantitative estimate of drug-likeness (QED) is 0.798. The number of aryl methyl sites for hydroxylation is 1. The number of thioether (sulfide) groups is 1. The highest BCUT2D eigenvalue weighted by molar-refractivity contribution is 7.99. The van der Waals surface area contributed by atoms with Crippen molar-refractivity contribution in [2.45, 2.75) is 25.3 Å². The van der Waals surface area contributed by atoms with Gasteiger partial charge in [-0.2, -0.15) is 11.8 Å². The summed E-state index contributed by atoms with van der Waals surface area (Å²) in [6, 6.07) is 6.47. The van der Waals surface area contributed by atoms with E-state index < -0.39 is 0 Å². The first-order valence-electron chi connectivity index (χ1n) is 7.29. The first-order valence-corrected chi connectivity index (χ1v) is 8.44. The minimum absolute atomic E-state index is 0.105. The average Bonchev–Trinajstić information content (AvgIpc) is 2.48. The van der Waals surface area contributed by atoms with Gasteiger partial charge in [-0.15, -0.1) is 0 Å². The van der Waals surface area contributed by atoms with E-state index in [1.165, 1.54) is 11.3 Å². The molecule has 1 saturated heterocycles. The van der Waals surface area contributed by atoms with Crippen LogP contribution in [0.1, 0.15) is 18.4 Å². The summed E-state index contributed by atoms with van der Waals surface area (Å²) < 4.78 is 0. The van der Waals surface area contributed by atoms with Gasteiger partial charge in [0, 0.05) is 48.4 Å². The van der Waals surface area contributed by atoms with E-state index in [1.54, 1.807) is 0 Å². The first-order chi connectivity index (χ1) is 9.81. The van der Waals surface area contributed by atoms with Crippen molar-refractivity contribution >= 4 is 29.0 Å². The van der Waals surface area contributed by atoms with Crippen molar-refractivity contribution in [3.8, 4) is 0 Å². The normalized spacial score (nSPS) is 21.7. The lowest BCUT2D eigenvalue weighted by Gasteiger charge is -2.23. The largest absolute Gasteiger partial charge is 0.385 e. The van der Waals surface area contributed by atoms with Crippen molar-refractivity contribution in [2.75, 3.05) is 35.2 Å². The maximum atomic E-state index is 12.1. The molecule has 5 heteroatoms. The van der Waals surface area contributed by atoms with Crippen molar-refractivity contribution in [1.29, 1.82) is 0 Å². The van der Waals surface area contributed by atoms with Crippen LogP contribution in [0.2, 0.25) is 0 Å². The predicted octanol–water partition coefficient (Wildman–Crippen LogP) is 2.08. The van der Waals surface area contributed by atoms with Crippen LogP contribution < -0.4 is 16.0 Å². The van der Waals surface area contributed by atoms with E-state index >= 15 is 0 Å². The lowest BCUT2D eigenvalue weighted by atomic mass is 10.0. The summed E-state index contributed by atoms with van der Waals surface area (Å²) in [7, 11) is 0. The fourth-order valence-corrected chi connectivity index (χ4v) is 3.69. The van der Waals surface area contributed by atoms with Crippen molar-refractivity contribution in [1.82, 2.24) is 5.32 Å².